The van der Waals surface area contributed by atoms with E-state index >= 15 is 0 Å². The Morgan fingerprint density at radius 1 is 1.32 bits per heavy atom. The van der Waals surface area contributed by atoms with Crippen LogP contribution in [0.2, 0.25) is 0 Å². The average Bonchev–Trinajstić information content (AvgIpc) is 2.37. The maximum atomic E-state index is 13.1. The Hall–Kier alpha value is -1.50. The van der Waals surface area contributed by atoms with Gasteiger partial charge < -0.3 is 15.0 Å². The molecule has 0 bridgehead atoms. The summed E-state index contributed by atoms with van der Waals surface area (Å²) in [5, 5.41) is 3.12. The zero-order valence-electron chi connectivity index (χ0n) is 10.1. The van der Waals surface area contributed by atoms with Gasteiger partial charge in [0.05, 0.1) is 5.69 Å². The smallest absolute Gasteiger partial charge is 0.422 e. The van der Waals surface area contributed by atoms with Crippen molar-refractivity contribution in [2.75, 3.05) is 37.7 Å². The van der Waals surface area contributed by atoms with Gasteiger partial charge in [-0.05, 0) is 6.07 Å². The first-order valence-electron chi connectivity index (χ1n) is 5.82. The Kier molecular flexibility index (Phi) is 4.14. The molecule has 0 atom stereocenters. The zero-order chi connectivity index (χ0) is 13.9. The first kappa shape index (κ1) is 13.9. The molecule has 1 fully saturated rings. The predicted octanol–water partition coefficient (Wildman–Crippen LogP) is 1.98. The maximum Gasteiger partial charge on any atom is 0.422 e. The number of piperazine rings is 1. The molecule has 0 amide bonds. The minimum Gasteiger partial charge on any atom is -0.482 e. The highest BCUT2D eigenvalue weighted by atomic mass is 19.4. The molecule has 1 radical (unpaired) electrons. The van der Waals surface area contributed by atoms with Crippen molar-refractivity contribution in [3.05, 3.63) is 24.0 Å². The van der Waals surface area contributed by atoms with E-state index in [9.17, 15) is 17.6 Å². The Labute approximate surface area is 108 Å². The highest BCUT2D eigenvalue weighted by Crippen LogP contribution is 2.30. The van der Waals surface area contributed by atoms with E-state index in [2.05, 4.69) is 16.1 Å². The second-order valence-corrected chi connectivity index (χ2v) is 4.17. The van der Waals surface area contributed by atoms with Crippen LogP contribution in [0.3, 0.4) is 0 Å². The number of ether oxygens (including phenoxy) is 1. The molecule has 1 aromatic rings. The fourth-order valence-electron chi connectivity index (χ4n) is 1.87. The highest BCUT2D eigenvalue weighted by Gasteiger charge is 2.29. The molecule has 0 aliphatic carbocycles. The Morgan fingerprint density at radius 2 is 2.00 bits per heavy atom. The van der Waals surface area contributed by atoms with Gasteiger partial charge in [-0.25, -0.2) is 4.39 Å². The second kappa shape index (κ2) is 5.64. The molecule has 7 heteroatoms. The molecule has 19 heavy (non-hydrogen) atoms. The molecular formula is C12H13F4N2O. The van der Waals surface area contributed by atoms with Crippen LogP contribution in [0.4, 0.5) is 23.2 Å². The number of nitrogens with zero attached hydrogens (tertiary/aromatic N) is 1. The molecule has 1 aromatic carbocycles. The molecule has 0 unspecified atom stereocenters. The van der Waals surface area contributed by atoms with E-state index in [1.165, 1.54) is 6.07 Å². The summed E-state index contributed by atoms with van der Waals surface area (Å²) < 4.78 is 54.3. The van der Waals surface area contributed by atoms with Crippen LogP contribution < -0.4 is 15.0 Å². The van der Waals surface area contributed by atoms with E-state index in [0.717, 1.165) is 19.2 Å². The van der Waals surface area contributed by atoms with E-state index in [1.54, 1.807) is 0 Å². The number of anilines is 1. The van der Waals surface area contributed by atoms with Crippen molar-refractivity contribution in [3.8, 4) is 5.75 Å². The van der Waals surface area contributed by atoms with Crippen molar-refractivity contribution in [2.24, 2.45) is 0 Å². The summed E-state index contributed by atoms with van der Waals surface area (Å²) >= 11 is 0. The van der Waals surface area contributed by atoms with E-state index in [-0.39, 0.29) is 5.75 Å². The van der Waals surface area contributed by atoms with E-state index < -0.39 is 18.6 Å². The Morgan fingerprint density at radius 3 is 2.63 bits per heavy atom. The van der Waals surface area contributed by atoms with Crippen LogP contribution in [0.5, 0.6) is 5.75 Å². The van der Waals surface area contributed by atoms with Crippen molar-refractivity contribution in [2.45, 2.75) is 6.18 Å². The first-order valence-corrected chi connectivity index (χ1v) is 5.82. The number of halogens is 4. The van der Waals surface area contributed by atoms with Crippen molar-refractivity contribution in [3.63, 3.8) is 0 Å². The molecule has 0 saturated carbocycles. The maximum absolute atomic E-state index is 13.1. The monoisotopic (exact) mass is 277 g/mol. The lowest BCUT2D eigenvalue weighted by Crippen LogP contribution is -2.43. The van der Waals surface area contributed by atoms with Gasteiger partial charge in [0.1, 0.15) is 11.6 Å². The Bertz CT molecular complexity index is 430. The number of alkyl halides is 3. The molecular weight excluding hydrogens is 264 g/mol. The van der Waals surface area contributed by atoms with Gasteiger partial charge in [0.2, 0.25) is 0 Å². The molecule has 1 N–H and O–H groups in total. The van der Waals surface area contributed by atoms with Crippen molar-refractivity contribution >= 4 is 5.69 Å². The lowest BCUT2D eigenvalue weighted by Gasteiger charge is -2.30. The Balaban J connectivity index is 2.17. The summed E-state index contributed by atoms with van der Waals surface area (Å²) in [4.78, 5) is 1.85. The minimum atomic E-state index is -4.45. The van der Waals surface area contributed by atoms with Crippen LogP contribution in [0.25, 0.3) is 0 Å². The van der Waals surface area contributed by atoms with Crippen LogP contribution in [-0.2, 0) is 0 Å². The third-order valence-electron chi connectivity index (χ3n) is 2.71. The predicted molar refractivity (Wildman–Crippen MR) is 61.9 cm³/mol. The SMILES string of the molecule is Fc1[c]cc(N2CCNCC2)c(OCC(F)(F)F)c1. The number of nitrogens with one attached hydrogen (secondary N) is 1. The zero-order valence-corrected chi connectivity index (χ0v) is 10.1. The summed E-state index contributed by atoms with van der Waals surface area (Å²) in [6.45, 7) is 1.26. The number of benzene rings is 1. The van der Waals surface area contributed by atoms with E-state index in [0.29, 0.717) is 18.8 Å². The average molecular weight is 277 g/mol. The normalized spacial score (nSPS) is 16.5. The molecule has 0 spiro atoms. The van der Waals surface area contributed by atoms with Gasteiger partial charge >= 0.3 is 6.18 Å². The van der Waals surface area contributed by atoms with E-state index in [4.69, 9.17) is 0 Å². The third kappa shape index (κ3) is 3.99. The van der Waals surface area contributed by atoms with Crippen molar-refractivity contribution in [1.29, 1.82) is 0 Å². The lowest BCUT2D eigenvalue weighted by molar-refractivity contribution is -0.153. The number of rotatable bonds is 3. The summed E-state index contributed by atoms with van der Waals surface area (Å²) in [5.74, 6) is -0.841. The van der Waals surface area contributed by atoms with Crippen molar-refractivity contribution in [1.82, 2.24) is 5.32 Å². The number of hydrogen-bond acceptors (Lipinski definition) is 3. The van der Waals surface area contributed by atoms with Crippen LogP contribution >= 0.6 is 0 Å². The van der Waals surface area contributed by atoms with Crippen LogP contribution in [0.15, 0.2) is 12.1 Å². The number of hydrogen-bond donors (Lipinski definition) is 1. The molecule has 1 aliphatic rings. The molecule has 0 aromatic heterocycles. The highest BCUT2D eigenvalue weighted by molar-refractivity contribution is 5.58. The summed E-state index contributed by atoms with van der Waals surface area (Å²) in [7, 11) is 0. The van der Waals surface area contributed by atoms with Crippen LogP contribution in [0, 0.1) is 11.9 Å². The first-order chi connectivity index (χ1) is 8.96. The summed E-state index contributed by atoms with van der Waals surface area (Å²) in [5.41, 5.74) is 0.437. The molecule has 2 rings (SSSR count). The van der Waals surface area contributed by atoms with Gasteiger partial charge in [-0.2, -0.15) is 13.2 Å². The standard InChI is InChI=1S/C12H13F4N2O/c13-9-1-2-10(18-5-3-17-4-6-18)11(7-9)19-8-12(14,15)16/h2,7,17H,3-6,8H2. The largest absolute Gasteiger partial charge is 0.482 e. The van der Waals surface area contributed by atoms with Gasteiger partial charge in [-0.1, -0.05) is 0 Å². The topological polar surface area (TPSA) is 24.5 Å². The molecule has 1 aliphatic heterocycles. The van der Waals surface area contributed by atoms with Crippen molar-refractivity contribution < 1.29 is 22.3 Å². The van der Waals surface area contributed by atoms with Crippen LogP contribution in [0.1, 0.15) is 0 Å². The van der Waals surface area contributed by atoms with Gasteiger partial charge in [-0.15, -0.1) is 0 Å². The summed E-state index contributed by atoms with van der Waals surface area (Å²) in [6, 6.07) is 4.60. The van der Waals surface area contributed by atoms with Gasteiger partial charge in [0, 0.05) is 38.3 Å². The van der Waals surface area contributed by atoms with Gasteiger partial charge in [0.15, 0.2) is 6.61 Å². The van der Waals surface area contributed by atoms with E-state index in [1.807, 2.05) is 4.90 Å². The van der Waals surface area contributed by atoms with Gasteiger partial charge in [-0.3, -0.25) is 0 Å². The summed E-state index contributed by atoms with van der Waals surface area (Å²) in [6.07, 6.45) is -4.45. The molecule has 3 nitrogen and oxygen atoms in total. The quantitative estimate of drug-likeness (QED) is 0.855. The molecule has 105 valence electrons. The third-order valence-corrected chi connectivity index (χ3v) is 2.71. The lowest BCUT2D eigenvalue weighted by atomic mass is 10.2. The molecule has 1 heterocycles. The van der Waals surface area contributed by atoms with Gasteiger partial charge in [0.25, 0.3) is 0 Å². The molecule has 1 saturated heterocycles. The minimum absolute atomic E-state index is 0.101. The second-order valence-electron chi connectivity index (χ2n) is 4.17. The van der Waals surface area contributed by atoms with Crippen LogP contribution in [-0.4, -0.2) is 39.0 Å². The fourth-order valence-corrected chi connectivity index (χ4v) is 1.87. The fraction of sp³-hybridized carbons (Fsp3) is 0.500.